The molecule has 1 N–H and O–H groups in total. The Bertz CT molecular complexity index is 162. The van der Waals surface area contributed by atoms with Gasteiger partial charge in [0.1, 0.15) is 0 Å². The second-order valence-electron chi connectivity index (χ2n) is 4.44. The summed E-state index contributed by atoms with van der Waals surface area (Å²) in [6.07, 6.45) is 2.71. The van der Waals surface area contributed by atoms with E-state index in [0.29, 0.717) is 5.54 Å². The number of hydrogen-bond donors (Lipinski definition) is 1. The minimum Gasteiger partial charge on any atom is -0.379 e. The molecule has 0 aromatic carbocycles. The molecule has 3 nitrogen and oxygen atoms in total. The molecule has 0 unspecified atom stereocenters. The van der Waals surface area contributed by atoms with Gasteiger partial charge in [-0.05, 0) is 19.8 Å². The van der Waals surface area contributed by atoms with E-state index >= 15 is 0 Å². The number of nitrogens with zero attached hydrogens (tertiary/aromatic N) is 1. The van der Waals surface area contributed by atoms with Crippen molar-refractivity contribution in [1.29, 1.82) is 0 Å². The molecule has 76 valence electrons. The van der Waals surface area contributed by atoms with Crippen LogP contribution in [-0.4, -0.2) is 49.8 Å². The van der Waals surface area contributed by atoms with Gasteiger partial charge < -0.3 is 10.1 Å². The molecule has 1 saturated carbocycles. The molecule has 3 heteroatoms. The van der Waals surface area contributed by atoms with E-state index in [0.717, 1.165) is 32.8 Å². The van der Waals surface area contributed by atoms with Crippen molar-refractivity contribution in [3.63, 3.8) is 0 Å². The molecule has 0 aromatic rings. The van der Waals surface area contributed by atoms with Gasteiger partial charge in [0.2, 0.25) is 0 Å². The molecule has 13 heavy (non-hydrogen) atoms. The van der Waals surface area contributed by atoms with Crippen molar-refractivity contribution in [2.75, 3.05) is 39.4 Å². The van der Waals surface area contributed by atoms with Crippen molar-refractivity contribution in [3.05, 3.63) is 0 Å². The highest BCUT2D eigenvalue weighted by molar-refractivity contribution is 4.97. The van der Waals surface area contributed by atoms with Crippen LogP contribution in [0.5, 0.6) is 0 Å². The Morgan fingerprint density at radius 2 is 2.00 bits per heavy atom. The van der Waals surface area contributed by atoms with Gasteiger partial charge in [0.15, 0.2) is 0 Å². The summed E-state index contributed by atoms with van der Waals surface area (Å²) in [4.78, 5) is 2.47. The van der Waals surface area contributed by atoms with Gasteiger partial charge in [0.05, 0.1) is 13.2 Å². The van der Waals surface area contributed by atoms with Gasteiger partial charge in [-0.25, -0.2) is 0 Å². The van der Waals surface area contributed by atoms with Crippen molar-refractivity contribution < 1.29 is 4.74 Å². The van der Waals surface area contributed by atoms with Crippen LogP contribution in [0.3, 0.4) is 0 Å². The van der Waals surface area contributed by atoms with Crippen LogP contribution in [0.1, 0.15) is 19.8 Å². The summed E-state index contributed by atoms with van der Waals surface area (Å²) in [5.74, 6) is 0. The van der Waals surface area contributed by atoms with Crippen molar-refractivity contribution in [2.45, 2.75) is 25.3 Å². The van der Waals surface area contributed by atoms with Gasteiger partial charge in [0, 0.05) is 31.7 Å². The van der Waals surface area contributed by atoms with Crippen LogP contribution in [0.15, 0.2) is 0 Å². The fraction of sp³-hybridized carbons (Fsp3) is 1.00. The van der Waals surface area contributed by atoms with Gasteiger partial charge in [0.25, 0.3) is 0 Å². The number of hydrogen-bond acceptors (Lipinski definition) is 3. The summed E-state index contributed by atoms with van der Waals surface area (Å²) in [6.45, 7) is 8.67. The fourth-order valence-corrected chi connectivity index (χ4v) is 1.70. The molecule has 1 aliphatic heterocycles. The molecule has 0 spiro atoms. The first kappa shape index (κ1) is 9.44. The number of morpholine rings is 1. The third-order valence-corrected chi connectivity index (χ3v) is 3.08. The molecule has 2 fully saturated rings. The first-order chi connectivity index (χ1) is 6.29. The maximum Gasteiger partial charge on any atom is 0.0594 e. The summed E-state index contributed by atoms with van der Waals surface area (Å²) in [5.41, 5.74) is 0.492. The number of nitrogens with one attached hydrogen (secondary N) is 1. The van der Waals surface area contributed by atoms with E-state index < -0.39 is 0 Å². The van der Waals surface area contributed by atoms with E-state index in [-0.39, 0.29) is 0 Å². The molecule has 1 saturated heterocycles. The highest BCUT2D eigenvalue weighted by Gasteiger charge is 2.36. The minimum atomic E-state index is 0.492. The van der Waals surface area contributed by atoms with Gasteiger partial charge in [-0.15, -0.1) is 0 Å². The molecule has 1 heterocycles. The maximum atomic E-state index is 5.30. The van der Waals surface area contributed by atoms with E-state index in [9.17, 15) is 0 Å². The van der Waals surface area contributed by atoms with E-state index in [1.807, 2.05) is 0 Å². The van der Waals surface area contributed by atoms with E-state index in [2.05, 4.69) is 17.1 Å². The Morgan fingerprint density at radius 1 is 1.31 bits per heavy atom. The third-order valence-electron chi connectivity index (χ3n) is 3.08. The summed E-state index contributed by atoms with van der Waals surface area (Å²) in [6, 6.07) is 0. The van der Waals surface area contributed by atoms with Crippen LogP contribution in [0, 0.1) is 0 Å². The molecule has 0 radical (unpaired) electrons. The van der Waals surface area contributed by atoms with Crippen LogP contribution in [0.25, 0.3) is 0 Å². The normalized spacial score (nSPS) is 27.5. The van der Waals surface area contributed by atoms with Crippen LogP contribution in [0.4, 0.5) is 0 Å². The second-order valence-corrected chi connectivity index (χ2v) is 4.44. The summed E-state index contributed by atoms with van der Waals surface area (Å²) in [7, 11) is 0. The third kappa shape index (κ3) is 2.93. The molecule has 2 rings (SSSR count). The largest absolute Gasteiger partial charge is 0.379 e. The Kier molecular flexibility index (Phi) is 2.86. The number of rotatable bonds is 4. The van der Waals surface area contributed by atoms with Gasteiger partial charge in [-0.1, -0.05) is 0 Å². The smallest absolute Gasteiger partial charge is 0.0594 e. The Balaban J connectivity index is 1.56. The SMILES string of the molecule is CC1(NCCN2CCOCC2)CC1. The monoisotopic (exact) mass is 184 g/mol. The highest BCUT2D eigenvalue weighted by Crippen LogP contribution is 2.33. The average Bonchev–Trinajstić information content (AvgIpc) is 2.86. The lowest BCUT2D eigenvalue weighted by Gasteiger charge is -2.27. The van der Waals surface area contributed by atoms with Crippen LogP contribution in [0.2, 0.25) is 0 Å². The van der Waals surface area contributed by atoms with Gasteiger partial charge >= 0.3 is 0 Å². The average molecular weight is 184 g/mol. The van der Waals surface area contributed by atoms with Crippen molar-refractivity contribution in [2.24, 2.45) is 0 Å². The second kappa shape index (κ2) is 3.95. The van der Waals surface area contributed by atoms with Crippen molar-refractivity contribution in [3.8, 4) is 0 Å². The Labute approximate surface area is 80.4 Å². The molecular weight excluding hydrogens is 164 g/mol. The highest BCUT2D eigenvalue weighted by atomic mass is 16.5. The first-order valence-electron chi connectivity index (χ1n) is 5.34. The molecule has 0 aromatic heterocycles. The molecule has 0 atom stereocenters. The zero-order valence-corrected chi connectivity index (χ0v) is 8.51. The first-order valence-corrected chi connectivity index (χ1v) is 5.34. The zero-order chi connectivity index (χ0) is 9.15. The predicted octanol–water partition coefficient (Wildman–Crippen LogP) is 0.461. The Hall–Kier alpha value is -0.120. The zero-order valence-electron chi connectivity index (χ0n) is 8.51. The summed E-state index contributed by atoms with van der Waals surface area (Å²) < 4.78 is 5.30. The quantitative estimate of drug-likeness (QED) is 0.687. The van der Waals surface area contributed by atoms with Gasteiger partial charge in [-0.2, -0.15) is 0 Å². The molecule has 2 aliphatic rings. The predicted molar refractivity (Wildman–Crippen MR) is 52.9 cm³/mol. The summed E-state index contributed by atoms with van der Waals surface area (Å²) >= 11 is 0. The summed E-state index contributed by atoms with van der Waals surface area (Å²) in [5, 5.41) is 3.60. The Morgan fingerprint density at radius 3 is 2.62 bits per heavy atom. The lowest BCUT2D eigenvalue weighted by Crippen LogP contribution is -2.42. The molecule has 0 amide bonds. The lowest BCUT2D eigenvalue weighted by atomic mass is 10.3. The minimum absolute atomic E-state index is 0.492. The van der Waals surface area contributed by atoms with E-state index in [1.165, 1.54) is 19.4 Å². The lowest BCUT2D eigenvalue weighted by molar-refractivity contribution is 0.0381. The molecule has 0 bridgehead atoms. The van der Waals surface area contributed by atoms with E-state index in [4.69, 9.17) is 4.74 Å². The standard InChI is InChI=1S/C10H20N2O/c1-10(2-3-10)11-4-5-12-6-8-13-9-7-12/h11H,2-9H2,1H3. The molecule has 1 aliphatic carbocycles. The maximum absolute atomic E-state index is 5.30. The van der Waals surface area contributed by atoms with Crippen LogP contribution in [-0.2, 0) is 4.74 Å². The number of ether oxygens (including phenoxy) is 1. The van der Waals surface area contributed by atoms with E-state index in [1.54, 1.807) is 0 Å². The van der Waals surface area contributed by atoms with Crippen molar-refractivity contribution in [1.82, 2.24) is 10.2 Å². The van der Waals surface area contributed by atoms with Crippen LogP contribution < -0.4 is 5.32 Å². The van der Waals surface area contributed by atoms with Gasteiger partial charge in [-0.3, -0.25) is 4.90 Å². The van der Waals surface area contributed by atoms with Crippen LogP contribution >= 0.6 is 0 Å². The molecular formula is C10H20N2O. The fourth-order valence-electron chi connectivity index (χ4n) is 1.70. The topological polar surface area (TPSA) is 24.5 Å². The van der Waals surface area contributed by atoms with Crippen molar-refractivity contribution >= 4 is 0 Å².